The second-order valence-electron chi connectivity index (χ2n) is 3.33. The highest BCUT2D eigenvalue weighted by Crippen LogP contribution is 2.04. The number of carboxylic acid groups (broad SMARTS) is 1. The zero-order chi connectivity index (χ0) is 10.8. The van der Waals surface area contributed by atoms with Crippen LogP contribution >= 0.6 is 0 Å². The summed E-state index contributed by atoms with van der Waals surface area (Å²) in [5, 5.41) is 10.6. The van der Waals surface area contributed by atoms with Gasteiger partial charge >= 0.3 is 5.97 Å². The standard InChI is InChI=1S/C10H19NO3/c1-2-3-4-5-6-7-9(12)11-8-10(13)14/h2-8H2,1H3,(H,11,12)(H,13,14)/i8+1,10+1,11+1. The zero-order valence-corrected chi connectivity index (χ0v) is 8.71. The van der Waals surface area contributed by atoms with Crippen LogP contribution in [-0.2, 0) is 9.59 Å². The van der Waals surface area contributed by atoms with Gasteiger partial charge < -0.3 is 10.4 Å². The van der Waals surface area contributed by atoms with Gasteiger partial charge in [-0.1, -0.05) is 32.6 Å². The molecular weight excluding hydrogens is 185 g/mol. The van der Waals surface area contributed by atoms with E-state index in [1.54, 1.807) is 0 Å². The molecule has 82 valence electrons. The molecule has 4 nitrogen and oxygen atoms in total. The topological polar surface area (TPSA) is 66.4 Å². The molecule has 0 fully saturated rings. The fourth-order valence-electron chi connectivity index (χ4n) is 1.15. The summed E-state index contributed by atoms with van der Waals surface area (Å²) < 4.78 is 0. The van der Waals surface area contributed by atoms with Gasteiger partial charge in [-0.25, -0.2) is 0 Å². The van der Waals surface area contributed by atoms with Crippen molar-refractivity contribution >= 4 is 11.9 Å². The summed E-state index contributed by atoms with van der Waals surface area (Å²) in [4.78, 5) is 21.1. The van der Waals surface area contributed by atoms with Crippen molar-refractivity contribution in [2.24, 2.45) is 0 Å². The number of unbranched alkanes of at least 4 members (excludes halogenated alkanes) is 4. The number of carbonyl (C=O) groups is 2. The molecule has 0 atom stereocenters. The van der Waals surface area contributed by atoms with Crippen molar-refractivity contribution < 1.29 is 14.7 Å². The Morgan fingerprint density at radius 2 is 1.79 bits per heavy atom. The van der Waals surface area contributed by atoms with Gasteiger partial charge in [-0.15, -0.1) is 0 Å². The third-order valence-corrected chi connectivity index (χ3v) is 1.94. The molecule has 0 radical (unpaired) electrons. The lowest BCUT2D eigenvalue weighted by Gasteiger charge is -2.01. The number of carboxylic acids is 1. The predicted octanol–water partition coefficient (Wildman–Crippen LogP) is 1.55. The highest BCUT2D eigenvalue weighted by molar-refractivity contribution is 5.80. The summed E-state index contributed by atoms with van der Waals surface area (Å²) in [5.41, 5.74) is 0. The minimum Gasteiger partial charge on any atom is -0.480 e. The van der Waals surface area contributed by atoms with Crippen LogP contribution in [0.3, 0.4) is 0 Å². The van der Waals surface area contributed by atoms with Crippen molar-refractivity contribution in [3.8, 4) is 0 Å². The normalized spacial score (nSPS) is 9.79. The fourth-order valence-corrected chi connectivity index (χ4v) is 1.15. The van der Waals surface area contributed by atoms with Crippen LogP contribution in [0.25, 0.3) is 0 Å². The predicted molar refractivity (Wildman–Crippen MR) is 54.0 cm³/mol. The van der Waals surface area contributed by atoms with Gasteiger partial charge in [-0.3, -0.25) is 9.59 Å². The summed E-state index contributed by atoms with van der Waals surface area (Å²) in [6.45, 7) is 1.87. The molecule has 0 aromatic heterocycles. The van der Waals surface area contributed by atoms with Crippen molar-refractivity contribution in [2.75, 3.05) is 6.54 Å². The maximum absolute atomic E-state index is 11.0. The average Bonchev–Trinajstić information content (AvgIpc) is 2.14. The van der Waals surface area contributed by atoms with E-state index >= 15 is 0 Å². The minimum absolute atomic E-state index is 0.163. The van der Waals surface area contributed by atoms with Crippen molar-refractivity contribution in [3.63, 3.8) is 0 Å². The van der Waals surface area contributed by atoms with Crippen LogP contribution in [0.5, 0.6) is 0 Å². The molecule has 0 saturated heterocycles. The van der Waals surface area contributed by atoms with Crippen molar-refractivity contribution in [3.05, 3.63) is 0 Å². The number of aliphatic carboxylic acids is 1. The maximum atomic E-state index is 11.0. The molecule has 0 bridgehead atoms. The van der Waals surface area contributed by atoms with Crippen LogP contribution in [0.1, 0.15) is 45.4 Å². The van der Waals surface area contributed by atoms with Crippen molar-refractivity contribution in [1.82, 2.24) is 5.32 Å². The fraction of sp³-hybridized carbons (Fsp3) is 0.800. The van der Waals surface area contributed by atoms with Gasteiger partial charge in [0.05, 0.1) is 0 Å². The largest absolute Gasteiger partial charge is 0.480 e. The molecule has 0 saturated carbocycles. The van der Waals surface area contributed by atoms with E-state index in [1.807, 2.05) is 0 Å². The lowest BCUT2D eigenvalue weighted by atomic mass is 10.1. The number of hydrogen-bond acceptors (Lipinski definition) is 2. The first-order valence-corrected chi connectivity index (χ1v) is 5.15. The van der Waals surface area contributed by atoms with Gasteiger partial charge in [0.25, 0.3) is 0 Å². The van der Waals surface area contributed by atoms with Crippen LogP contribution < -0.4 is 5.32 Å². The quantitative estimate of drug-likeness (QED) is 0.358. The third kappa shape index (κ3) is 9.03. The van der Waals surface area contributed by atoms with E-state index < -0.39 is 5.97 Å². The average molecular weight is 204 g/mol. The molecule has 2 N–H and O–H groups in total. The number of nitrogens with one attached hydrogen (secondary N) is 1. The highest BCUT2D eigenvalue weighted by Gasteiger charge is 2.02. The Bertz CT molecular complexity index is 180. The van der Waals surface area contributed by atoms with E-state index in [2.05, 4.69) is 12.2 Å². The Morgan fingerprint density at radius 3 is 2.36 bits per heavy atom. The molecule has 0 aliphatic rings. The Labute approximate surface area is 84.7 Å². The van der Waals surface area contributed by atoms with Gasteiger partial charge in [0.2, 0.25) is 5.91 Å². The summed E-state index contributed by atoms with van der Waals surface area (Å²) in [6.07, 6.45) is 5.89. The molecule has 0 aromatic rings. The number of amides is 1. The van der Waals surface area contributed by atoms with Gasteiger partial charge in [0.1, 0.15) is 6.54 Å². The Kier molecular flexibility index (Phi) is 7.89. The molecule has 0 aromatic carbocycles. The van der Waals surface area contributed by atoms with Crippen LogP contribution in [-0.4, -0.2) is 23.5 Å². The van der Waals surface area contributed by atoms with E-state index in [0.717, 1.165) is 19.3 Å². The smallest absolute Gasteiger partial charge is 0.322 e. The monoisotopic (exact) mass is 204 g/mol. The van der Waals surface area contributed by atoms with E-state index in [0.29, 0.717) is 6.42 Å². The Hall–Kier alpha value is -1.06. The molecule has 4 heteroatoms. The molecule has 14 heavy (non-hydrogen) atoms. The summed E-state index contributed by atoms with van der Waals surface area (Å²) in [6, 6.07) is 0. The second-order valence-corrected chi connectivity index (χ2v) is 3.33. The number of carbonyl (C=O) groups excluding carboxylic acids is 1. The van der Waals surface area contributed by atoms with Crippen LogP contribution in [0.4, 0.5) is 0 Å². The molecule has 0 aliphatic heterocycles. The van der Waals surface area contributed by atoms with Gasteiger partial charge in [-0.2, -0.15) is 0 Å². The number of rotatable bonds is 8. The van der Waals surface area contributed by atoms with Crippen LogP contribution in [0, 0.1) is 0 Å². The second kappa shape index (κ2) is 8.53. The summed E-state index contributed by atoms with van der Waals surface area (Å²) >= 11 is 0. The van der Waals surface area contributed by atoms with Crippen molar-refractivity contribution in [1.29, 1.82) is 0 Å². The van der Waals surface area contributed by atoms with E-state index in [4.69, 9.17) is 5.11 Å². The Morgan fingerprint density at radius 1 is 1.14 bits per heavy atom. The summed E-state index contributed by atoms with van der Waals surface area (Å²) in [7, 11) is 0. The molecule has 0 aliphatic carbocycles. The first kappa shape index (κ1) is 12.9. The van der Waals surface area contributed by atoms with E-state index in [9.17, 15) is 9.59 Å². The third-order valence-electron chi connectivity index (χ3n) is 1.94. The molecule has 0 heterocycles. The Balaban J connectivity index is 3.22. The van der Waals surface area contributed by atoms with Crippen LogP contribution in [0.2, 0.25) is 0 Å². The summed E-state index contributed by atoms with van der Waals surface area (Å²) in [5.74, 6) is -1.16. The van der Waals surface area contributed by atoms with E-state index in [1.165, 1.54) is 12.8 Å². The lowest BCUT2D eigenvalue weighted by Crippen LogP contribution is -2.28. The van der Waals surface area contributed by atoms with Gasteiger partial charge in [-0.05, 0) is 6.42 Å². The van der Waals surface area contributed by atoms with Gasteiger partial charge in [0, 0.05) is 6.42 Å². The minimum atomic E-state index is -0.996. The molecule has 0 spiro atoms. The lowest BCUT2D eigenvalue weighted by molar-refractivity contribution is -0.137. The molecular formula is C10H19NO3. The van der Waals surface area contributed by atoms with Crippen LogP contribution in [0.15, 0.2) is 0 Å². The highest BCUT2D eigenvalue weighted by atomic mass is 16.5. The maximum Gasteiger partial charge on any atom is 0.322 e. The van der Waals surface area contributed by atoms with Gasteiger partial charge in [0.15, 0.2) is 0 Å². The molecule has 1 amide bonds. The van der Waals surface area contributed by atoms with E-state index in [-0.39, 0.29) is 12.5 Å². The SMILES string of the molecule is CCCCCCCC(=O)[15NH][13CH2][13C](=O)O. The zero-order valence-electron chi connectivity index (χ0n) is 8.71. The van der Waals surface area contributed by atoms with Crippen molar-refractivity contribution in [2.45, 2.75) is 45.4 Å². The first-order valence-electron chi connectivity index (χ1n) is 5.15. The first-order chi connectivity index (χ1) is 6.66. The molecule has 0 rings (SSSR count). The molecule has 0 unspecified atom stereocenters. The number of hydrogen-bond donors (Lipinski definition) is 2.